The minimum atomic E-state index is -0.0147. The van der Waals surface area contributed by atoms with Crippen LogP contribution in [0.3, 0.4) is 0 Å². The van der Waals surface area contributed by atoms with Gasteiger partial charge in [0.05, 0.1) is 25.3 Å². The number of hydrogen-bond donors (Lipinski definition) is 2. The average Bonchev–Trinajstić information content (AvgIpc) is 2.48. The van der Waals surface area contributed by atoms with E-state index in [0.29, 0.717) is 19.7 Å². The lowest BCUT2D eigenvalue weighted by Crippen LogP contribution is -2.52. The van der Waals surface area contributed by atoms with Gasteiger partial charge in [-0.05, 0) is 19.4 Å². The summed E-state index contributed by atoms with van der Waals surface area (Å²) in [4.78, 5) is 14.2. The lowest BCUT2D eigenvalue weighted by atomic mass is 10.1. The lowest BCUT2D eigenvalue weighted by Gasteiger charge is -2.34. The number of ether oxygens (including phenoxy) is 1. The maximum absolute atomic E-state index is 12.1. The van der Waals surface area contributed by atoms with Gasteiger partial charge in [0.25, 0.3) is 0 Å². The summed E-state index contributed by atoms with van der Waals surface area (Å²) in [5.74, 6) is 0.0386. The van der Waals surface area contributed by atoms with Gasteiger partial charge >= 0.3 is 0 Å². The Balaban J connectivity index is 1.81. The summed E-state index contributed by atoms with van der Waals surface area (Å²) in [6.45, 7) is 6.45. The minimum absolute atomic E-state index is 0.0121. The number of nitrogens with two attached hydrogens (primary N) is 1. The maximum Gasteiger partial charge on any atom is 0.234 e. The fraction of sp³-hybridized carbons (Fsp3) is 0.562. The molecule has 116 valence electrons. The third kappa shape index (κ3) is 4.81. The maximum atomic E-state index is 12.1. The molecular formula is C16H25N3O2. The quantitative estimate of drug-likeness (QED) is 0.846. The van der Waals surface area contributed by atoms with Crippen molar-refractivity contribution >= 4 is 5.91 Å². The molecule has 1 fully saturated rings. The zero-order valence-electron chi connectivity index (χ0n) is 12.8. The van der Waals surface area contributed by atoms with Crippen molar-refractivity contribution in [2.45, 2.75) is 32.0 Å². The zero-order chi connectivity index (χ0) is 15.2. The van der Waals surface area contributed by atoms with Crippen molar-refractivity contribution in [3.05, 3.63) is 35.9 Å². The number of amides is 1. The molecule has 2 rings (SSSR count). The van der Waals surface area contributed by atoms with Gasteiger partial charge in [-0.1, -0.05) is 30.3 Å². The molecule has 21 heavy (non-hydrogen) atoms. The van der Waals surface area contributed by atoms with Crippen LogP contribution >= 0.6 is 0 Å². The second-order valence-electron chi connectivity index (χ2n) is 5.70. The smallest absolute Gasteiger partial charge is 0.234 e. The van der Waals surface area contributed by atoms with Crippen LogP contribution in [0.2, 0.25) is 0 Å². The van der Waals surface area contributed by atoms with Crippen LogP contribution in [0.15, 0.2) is 30.3 Å². The van der Waals surface area contributed by atoms with E-state index >= 15 is 0 Å². The van der Waals surface area contributed by atoms with Crippen molar-refractivity contribution < 1.29 is 9.53 Å². The first-order chi connectivity index (χ1) is 10.1. The largest absolute Gasteiger partial charge is 0.374 e. The highest BCUT2D eigenvalue weighted by molar-refractivity contribution is 5.78. The highest BCUT2D eigenvalue weighted by atomic mass is 16.5. The molecule has 1 heterocycles. The monoisotopic (exact) mass is 291 g/mol. The third-order valence-corrected chi connectivity index (χ3v) is 3.81. The van der Waals surface area contributed by atoms with Crippen LogP contribution in [0.1, 0.15) is 25.5 Å². The summed E-state index contributed by atoms with van der Waals surface area (Å²) in [7, 11) is 0. The Morgan fingerprint density at radius 1 is 1.43 bits per heavy atom. The summed E-state index contributed by atoms with van der Waals surface area (Å²) >= 11 is 0. The average molecular weight is 291 g/mol. The van der Waals surface area contributed by atoms with Crippen LogP contribution in [0.25, 0.3) is 0 Å². The van der Waals surface area contributed by atoms with E-state index in [9.17, 15) is 4.79 Å². The molecule has 1 aliphatic rings. The molecule has 1 aliphatic heterocycles. The van der Waals surface area contributed by atoms with Crippen molar-refractivity contribution in [1.82, 2.24) is 10.2 Å². The van der Waals surface area contributed by atoms with E-state index in [1.54, 1.807) is 0 Å². The predicted octanol–water partition coefficient (Wildman–Crippen LogP) is 0.912. The Bertz CT molecular complexity index is 450. The van der Waals surface area contributed by atoms with Crippen molar-refractivity contribution in [2.75, 3.05) is 26.2 Å². The molecule has 1 saturated heterocycles. The molecule has 0 spiro atoms. The van der Waals surface area contributed by atoms with Crippen LogP contribution in [0.5, 0.6) is 0 Å². The summed E-state index contributed by atoms with van der Waals surface area (Å²) in [5, 5.41) is 3.03. The van der Waals surface area contributed by atoms with E-state index in [2.05, 4.69) is 10.2 Å². The van der Waals surface area contributed by atoms with Crippen LogP contribution < -0.4 is 11.1 Å². The Morgan fingerprint density at radius 2 is 2.14 bits per heavy atom. The molecule has 3 atom stereocenters. The van der Waals surface area contributed by atoms with Crippen LogP contribution in [0.4, 0.5) is 0 Å². The molecule has 5 heteroatoms. The van der Waals surface area contributed by atoms with Crippen LogP contribution in [-0.2, 0) is 9.53 Å². The second-order valence-corrected chi connectivity index (χ2v) is 5.70. The first kappa shape index (κ1) is 15.9. The Morgan fingerprint density at radius 3 is 2.81 bits per heavy atom. The number of carbonyl (C=O) groups excluding carboxylic acids is 1. The molecule has 0 bridgehead atoms. The van der Waals surface area contributed by atoms with Gasteiger partial charge in [0.2, 0.25) is 5.91 Å². The van der Waals surface area contributed by atoms with E-state index < -0.39 is 0 Å². The second kappa shape index (κ2) is 7.54. The Labute approximate surface area is 126 Å². The first-order valence-electron chi connectivity index (χ1n) is 7.50. The molecule has 1 amide bonds. The molecule has 1 aromatic carbocycles. The fourth-order valence-corrected chi connectivity index (χ4v) is 2.51. The van der Waals surface area contributed by atoms with E-state index in [0.717, 1.165) is 12.1 Å². The molecule has 5 nitrogen and oxygen atoms in total. The number of benzene rings is 1. The fourth-order valence-electron chi connectivity index (χ4n) is 2.51. The highest BCUT2D eigenvalue weighted by Crippen LogP contribution is 2.11. The molecule has 3 N–H and O–H groups in total. The van der Waals surface area contributed by atoms with Gasteiger partial charge in [-0.2, -0.15) is 0 Å². The molecule has 0 aliphatic carbocycles. The molecule has 3 unspecified atom stereocenters. The van der Waals surface area contributed by atoms with Crippen molar-refractivity contribution in [3.8, 4) is 0 Å². The topological polar surface area (TPSA) is 67.6 Å². The summed E-state index contributed by atoms with van der Waals surface area (Å²) in [5.41, 5.74) is 6.98. The predicted molar refractivity (Wildman–Crippen MR) is 82.8 cm³/mol. The van der Waals surface area contributed by atoms with Crippen LogP contribution in [0, 0.1) is 0 Å². The number of rotatable bonds is 5. The number of hydrogen-bond acceptors (Lipinski definition) is 4. The summed E-state index contributed by atoms with van der Waals surface area (Å²) in [6.07, 6.45) is 0.0121. The van der Waals surface area contributed by atoms with Crippen molar-refractivity contribution in [3.63, 3.8) is 0 Å². The molecule has 0 radical (unpaired) electrons. The van der Waals surface area contributed by atoms with Gasteiger partial charge in [0.1, 0.15) is 0 Å². The van der Waals surface area contributed by atoms with E-state index in [-0.39, 0.29) is 24.1 Å². The van der Waals surface area contributed by atoms with E-state index in [1.807, 2.05) is 44.2 Å². The molecular weight excluding hydrogens is 266 g/mol. The van der Waals surface area contributed by atoms with Crippen LogP contribution in [-0.4, -0.2) is 49.2 Å². The first-order valence-corrected chi connectivity index (χ1v) is 7.50. The summed E-state index contributed by atoms with van der Waals surface area (Å²) in [6, 6.07) is 9.97. The Hall–Kier alpha value is -1.43. The SMILES string of the molecule is CC(NC(=O)CN1CCOC(C(C)N)C1)c1ccccc1. The third-order valence-electron chi connectivity index (χ3n) is 3.81. The number of morpholine rings is 1. The molecule has 1 aromatic rings. The number of nitrogens with one attached hydrogen (secondary N) is 1. The van der Waals surface area contributed by atoms with Crippen molar-refractivity contribution in [2.24, 2.45) is 5.73 Å². The summed E-state index contributed by atoms with van der Waals surface area (Å²) < 4.78 is 5.60. The lowest BCUT2D eigenvalue weighted by molar-refractivity contribution is -0.125. The molecule has 0 aromatic heterocycles. The van der Waals surface area contributed by atoms with Crippen molar-refractivity contribution in [1.29, 1.82) is 0 Å². The van der Waals surface area contributed by atoms with Gasteiger partial charge in [0, 0.05) is 19.1 Å². The van der Waals surface area contributed by atoms with E-state index in [4.69, 9.17) is 10.5 Å². The number of carbonyl (C=O) groups is 1. The standard InChI is InChI=1S/C16H25N3O2/c1-12(17)15-10-19(8-9-21-15)11-16(20)18-13(2)14-6-4-3-5-7-14/h3-7,12-13,15H,8-11,17H2,1-2H3,(H,18,20). The zero-order valence-corrected chi connectivity index (χ0v) is 12.8. The van der Waals surface area contributed by atoms with Gasteiger partial charge < -0.3 is 15.8 Å². The highest BCUT2D eigenvalue weighted by Gasteiger charge is 2.24. The van der Waals surface area contributed by atoms with Gasteiger partial charge in [-0.25, -0.2) is 0 Å². The normalized spacial score (nSPS) is 22.5. The minimum Gasteiger partial charge on any atom is -0.374 e. The Kier molecular flexibility index (Phi) is 5.73. The molecule has 0 saturated carbocycles. The van der Waals surface area contributed by atoms with Gasteiger partial charge in [0.15, 0.2) is 0 Å². The number of nitrogens with zero attached hydrogens (tertiary/aromatic N) is 1. The van der Waals surface area contributed by atoms with Gasteiger partial charge in [-0.15, -0.1) is 0 Å². The van der Waals surface area contributed by atoms with Gasteiger partial charge in [-0.3, -0.25) is 9.69 Å². The van der Waals surface area contributed by atoms with E-state index in [1.165, 1.54) is 0 Å².